The molecule has 1 aromatic rings. The van der Waals surface area contributed by atoms with E-state index in [0.29, 0.717) is 31.3 Å². The van der Waals surface area contributed by atoms with Crippen LogP contribution in [0.3, 0.4) is 0 Å². The maximum atomic E-state index is 12.0. The van der Waals surface area contributed by atoms with Crippen LogP contribution in [0.1, 0.15) is 18.7 Å². The lowest BCUT2D eigenvalue weighted by Gasteiger charge is -2.25. The van der Waals surface area contributed by atoms with E-state index in [2.05, 4.69) is 10.1 Å². The number of hydrogen-bond donors (Lipinski definition) is 0. The minimum Gasteiger partial charge on any atom is -0.247 e. The Balaban J connectivity index is 1.77. The van der Waals surface area contributed by atoms with E-state index in [4.69, 9.17) is 0 Å². The summed E-state index contributed by atoms with van der Waals surface area (Å²) in [6, 6.07) is 0. The molecule has 0 unspecified atom stereocenters. The highest BCUT2D eigenvalue weighted by Crippen LogP contribution is 2.31. The fourth-order valence-electron chi connectivity index (χ4n) is 1.97. The summed E-state index contributed by atoms with van der Waals surface area (Å²) in [4.78, 5) is 4.06. The molecule has 0 saturated heterocycles. The van der Waals surface area contributed by atoms with Crippen molar-refractivity contribution in [3.63, 3.8) is 0 Å². The second-order valence-electron chi connectivity index (χ2n) is 4.45. The first kappa shape index (κ1) is 10.2. The van der Waals surface area contributed by atoms with Gasteiger partial charge >= 0.3 is 0 Å². The van der Waals surface area contributed by atoms with Gasteiger partial charge in [0.2, 0.25) is 10.0 Å². The van der Waals surface area contributed by atoms with Gasteiger partial charge < -0.3 is 0 Å². The summed E-state index contributed by atoms with van der Waals surface area (Å²) >= 11 is 0. The Morgan fingerprint density at radius 2 is 2.19 bits per heavy atom. The Bertz CT molecular complexity index is 491. The smallest absolute Gasteiger partial charge is 0.214 e. The highest BCUT2D eigenvalue weighted by atomic mass is 32.2. The van der Waals surface area contributed by atoms with Crippen molar-refractivity contribution in [3.05, 3.63) is 12.2 Å². The van der Waals surface area contributed by atoms with Gasteiger partial charge in [0.1, 0.15) is 12.2 Å². The van der Waals surface area contributed by atoms with Crippen LogP contribution in [0.15, 0.2) is 6.33 Å². The predicted molar refractivity (Wildman–Crippen MR) is 56.9 cm³/mol. The van der Waals surface area contributed by atoms with E-state index in [1.807, 2.05) is 0 Å². The van der Waals surface area contributed by atoms with Crippen molar-refractivity contribution in [1.29, 1.82) is 0 Å². The van der Waals surface area contributed by atoms with Gasteiger partial charge in [0, 0.05) is 6.54 Å². The molecule has 16 heavy (non-hydrogen) atoms. The molecule has 2 heterocycles. The Kier molecular flexibility index (Phi) is 2.25. The zero-order valence-electron chi connectivity index (χ0n) is 8.91. The summed E-state index contributed by atoms with van der Waals surface area (Å²) in [5.41, 5.74) is 0. The minimum absolute atomic E-state index is 0.307. The number of nitrogens with zero attached hydrogens (tertiary/aromatic N) is 4. The zero-order valence-corrected chi connectivity index (χ0v) is 9.73. The van der Waals surface area contributed by atoms with Crippen LogP contribution in [0.4, 0.5) is 0 Å². The third kappa shape index (κ3) is 1.84. The molecule has 0 radical (unpaired) electrons. The van der Waals surface area contributed by atoms with E-state index in [1.165, 1.54) is 10.6 Å². The second-order valence-corrected chi connectivity index (χ2v) is 6.47. The van der Waals surface area contributed by atoms with Gasteiger partial charge in [0.05, 0.1) is 18.8 Å². The highest BCUT2D eigenvalue weighted by Gasteiger charge is 2.33. The van der Waals surface area contributed by atoms with Crippen LogP contribution in [0.25, 0.3) is 0 Å². The topological polar surface area (TPSA) is 68.1 Å². The van der Waals surface area contributed by atoms with E-state index in [-0.39, 0.29) is 0 Å². The summed E-state index contributed by atoms with van der Waals surface area (Å²) < 4.78 is 27.4. The van der Waals surface area contributed by atoms with Gasteiger partial charge in [-0.25, -0.2) is 18.1 Å². The largest absolute Gasteiger partial charge is 0.247 e. The van der Waals surface area contributed by atoms with Crippen LogP contribution in [-0.4, -0.2) is 39.8 Å². The molecule has 0 aromatic carbocycles. The van der Waals surface area contributed by atoms with Gasteiger partial charge in [-0.3, -0.25) is 0 Å². The van der Waals surface area contributed by atoms with E-state index < -0.39 is 10.0 Å². The normalized spacial score (nSPS) is 22.0. The average molecular weight is 242 g/mol. The van der Waals surface area contributed by atoms with Crippen molar-refractivity contribution in [2.45, 2.75) is 25.9 Å². The van der Waals surface area contributed by atoms with Crippen LogP contribution in [0.2, 0.25) is 0 Å². The number of rotatable bonds is 3. The van der Waals surface area contributed by atoms with Crippen molar-refractivity contribution >= 4 is 10.0 Å². The first-order valence-corrected chi connectivity index (χ1v) is 7.10. The van der Waals surface area contributed by atoms with Gasteiger partial charge in [-0.1, -0.05) is 0 Å². The number of aromatic nitrogens is 3. The predicted octanol–water partition coefficient (Wildman–Crippen LogP) is -0.167. The summed E-state index contributed by atoms with van der Waals surface area (Å²) in [5, 5.41) is 4.03. The van der Waals surface area contributed by atoms with E-state index in [0.717, 1.165) is 18.7 Å². The lowest BCUT2D eigenvalue weighted by Crippen LogP contribution is -2.40. The molecule has 1 saturated carbocycles. The molecular weight excluding hydrogens is 228 g/mol. The van der Waals surface area contributed by atoms with Gasteiger partial charge in [-0.05, 0) is 18.8 Å². The molecule has 0 spiro atoms. The van der Waals surface area contributed by atoms with Gasteiger partial charge in [-0.2, -0.15) is 9.40 Å². The molecule has 3 rings (SSSR count). The van der Waals surface area contributed by atoms with Crippen LogP contribution in [-0.2, 0) is 23.1 Å². The molecule has 1 aliphatic heterocycles. The van der Waals surface area contributed by atoms with E-state index in [9.17, 15) is 8.42 Å². The fraction of sp³-hybridized carbons (Fsp3) is 0.778. The van der Waals surface area contributed by atoms with E-state index in [1.54, 1.807) is 4.68 Å². The molecule has 88 valence electrons. The number of hydrogen-bond acceptors (Lipinski definition) is 4. The third-order valence-corrected chi connectivity index (χ3v) is 5.10. The average Bonchev–Trinajstić information content (AvgIpc) is 2.93. The molecule has 0 bridgehead atoms. The Hall–Kier alpha value is -0.950. The van der Waals surface area contributed by atoms with Crippen molar-refractivity contribution in [1.82, 2.24) is 19.1 Å². The standard InChI is InChI=1S/C9H14N4O2S/c14-16(15,6-8-1-2-8)12-3-4-13-9(5-12)10-7-11-13/h7-8H,1-6H2. The van der Waals surface area contributed by atoms with Crippen molar-refractivity contribution in [2.24, 2.45) is 5.92 Å². The molecular formula is C9H14N4O2S. The maximum Gasteiger partial charge on any atom is 0.214 e. The van der Waals surface area contributed by atoms with Crippen molar-refractivity contribution < 1.29 is 8.42 Å². The molecule has 6 nitrogen and oxygen atoms in total. The molecule has 1 aromatic heterocycles. The van der Waals surface area contributed by atoms with Crippen molar-refractivity contribution in [2.75, 3.05) is 12.3 Å². The first-order valence-electron chi connectivity index (χ1n) is 5.50. The number of fused-ring (bicyclic) bond motifs is 1. The highest BCUT2D eigenvalue weighted by molar-refractivity contribution is 7.89. The molecule has 0 atom stereocenters. The second kappa shape index (κ2) is 3.53. The SMILES string of the molecule is O=S(=O)(CC1CC1)N1CCn2ncnc2C1. The molecule has 0 amide bonds. The molecule has 7 heteroatoms. The van der Waals surface area contributed by atoms with Gasteiger partial charge in [0.25, 0.3) is 0 Å². The maximum absolute atomic E-state index is 12.0. The number of sulfonamides is 1. The summed E-state index contributed by atoms with van der Waals surface area (Å²) in [6.45, 7) is 1.50. The molecule has 0 N–H and O–H groups in total. The van der Waals surface area contributed by atoms with Crippen LogP contribution in [0.5, 0.6) is 0 Å². The Morgan fingerprint density at radius 3 is 2.94 bits per heavy atom. The van der Waals surface area contributed by atoms with Crippen LogP contribution >= 0.6 is 0 Å². The van der Waals surface area contributed by atoms with Crippen LogP contribution in [0, 0.1) is 5.92 Å². The van der Waals surface area contributed by atoms with Gasteiger partial charge in [0.15, 0.2) is 0 Å². The summed E-state index contributed by atoms with van der Waals surface area (Å²) in [5.74, 6) is 1.44. The summed E-state index contributed by atoms with van der Waals surface area (Å²) in [7, 11) is -3.09. The Morgan fingerprint density at radius 1 is 1.38 bits per heavy atom. The molecule has 2 aliphatic rings. The lowest BCUT2D eigenvalue weighted by molar-refractivity contribution is 0.321. The minimum atomic E-state index is -3.09. The van der Waals surface area contributed by atoms with Crippen LogP contribution < -0.4 is 0 Å². The zero-order chi connectivity index (χ0) is 11.2. The lowest BCUT2D eigenvalue weighted by atomic mass is 10.4. The first-order chi connectivity index (χ1) is 7.65. The molecule has 1 aliphatic carbocycles. The van der Waals surface area contributed by atoms with Gasteiger partial charge in [-0.15, -0.1) is 0 Å². The quantitative estimate of drug-likeness (QED) is 0.738. The Labute approximate surface area is 94.3 Å². The van der Waals surface area contributed by atoms with Crippen molar-refractivity contribution in [3.8, 4) is 0 Å². The molecule has 1 fully saturated rings. The summed E-state index contributed by atoms with van der Waals surface area (Å²) in [6.07, 6.45) is 3.60. The fourth-order valence-corrected chi connectivity index (χ4v) is 3.78. The monoisotopic (exact) mass is 242 g/mol. The third-order valence-electron chi connectivity index (χ3n) is 3.11. The van der Waals surface area contributed by atoms with E-state index >= 15 is 0 Å².